The van der Waals surface area contributed by atoms with Crippen LogP contribution in [0.5, 0.6) is 0 Å². The summed E-state index contributed by atoms with van der Waals surface area (Å²) in [6, 6.07) is 4.13. The number of carboxylic acids is 1. The number of hydrogen-bond acceptors (Lipinski definition) is 1. The number of rotatable bonds is 2. The zero-order valence-electron chi connectivity index (χ0n) is 9.59. The topological polar surface area (TPSA) is 37.3 Å². The first-order valence-corrected chi connectivity index (χ1v) is 4.91. The molecule has 0 radical (unpaired) electrons. The van der Waals surface area contributed by atoms with Crippen LogP contribution in [0.15, 0.2) is 18.2 Å². The maximum Gasteiger partial charge on any atom is 0.328 e. The first-order chi connectivity index (χ1) is 6.91. The molecule has 1 aromatic rings. The van der Waals surface area contributed by atoms with Crippen molar-refractivity contribution in [3.63, 3.8) is 0 Å². The van der Waals surface area contributed by atoms with E-state index < -0.39 is 5.97 Å². The van der Waals surface area contributed by atoms with Gasteiger partial charge in [0.25, 0.3) is 0 Å². The fourth-order valence-corrected chi connectivity index (χ4v) is 1.65. The average molecular weight is 204 g/mol. The van der Waals surface area contributed by atoms with Gasteiger partial charge in [-0.1, -0.05) is 12.1 Å². The van der Waals surface area contributed by atoms with Gasteiger partial charge in [-0.3, -0.25) is 0 Å². The van der Waals surface area contributed by atoms with E-state index in [1.807, 2.05) is 26.8 Å². The monoisotopic (exact) mass is 204 g/mol. The summed E-state index contributed by atoms with van der Waals surface area (Å²) < 4.78 is 0. The molecular weight excluding hydrogens is 188 g/mol. The lowest BCUT2D eigenvalue weighted by Crippen LogP contribution is -1.94. The Morgan fingerprint density at radius 1 is 1.13 bits per heavy atom. The summed E-state index contributed by atoms with van der Waals surface area (Å²) >= 11 is 0. The maximum atomic E-state index is 10.6. The molecule has 0 amide bonds. The number of aliphatic carboxylic acids is 1. The minimum absolute atomic E-state index is 0.795. The van der Waals surface area contributed by atoms with Crippen molar-refractivity contribution in [1.29, 1.82) is 0 Å². The van der Waals surface area contributed by atoms with Gasteiger partial charge in [0.1, 0.15) is 0 Å². The summed E-state index contributed by atoms with van der Waals surface area (Å²) in [7, 11) is 0. The van der Waals surface area contributed by atoms with E-state index in [1.54, 1.807) is 0 Å². The number of carbonyl (C=O) groups is 1. The van der Waals surface area contributed by atoms with E-state index in [2.05, 4.69) is 13.0 Å². The van der Waals surface area contributed by atoms with Gasteiger partial charge in [0.15, 0.2) is 0 Å². The van der Waals surface area contributed by atoms with Crippen LogP contribution >= 0.6 is 0 Å². The van der Waals surface area contributed by atoms with Crippen LogP contribution in [0.3, 0.4) is 0 Å². The van der Waals surface area contributed by atoms with Crippen molar-refractivity contribution in [3.8, 4) is 0 Å². The van der Waals surface area contributed by atoms with Crippen molar-refractivity contribution >= 4 is 11.5 Å². The molecule has 0 aliphatic heterocycles. The molecule has 0 spiro atoms. The molecule has 0 saturated heterocycles. The summed E-state index contributed by atoms with van der Waals surface area (Å²) in [5, 5.41) is 8.68. The number of carboxylic acid groups (broad SMARTS) is 1. The minimum Gasteiger partial charge on any atom is -0.478 e. The van der Waals surface area contributed by atoms with Crippen molar-refractivity contribution in [3.05, 3.63) is 40.5 Å². The lowest BCUT2D eigenvalue weighted by Gasteiger charge is -2.09. The summed E-state index contributed by atoms with van der Waals surface area (Å²) in [6.07, 6.45) is 1.25. The Morgan fingerprint density at radius 2 is 1.67 bits per heavy atom. The molecular formula is C13H16O2. The van der Waals surface area contributed by atoms with Crippen LogP contribution in [0.1, 0.15) is 29.2 Å². The highest BCUT2D eigenvalue weighted by Gasteiger charge is 2.04. The molecule has 2 heteroatoms. The number of benzene rings is 1. The second-order valence-electron chi connectivity index (χ2n) is 3.92. The molecule has 0 aromatic heterocycles. The van der Waals surface area contributed by atoms with Gasteiger partial charge in [0.05, 0.1) is 0 Å². The third-order valence-corrected chi connectivity index (χ3v) is 2.61. The van der Waals surface area contributed by atoms with Gasteiger partial charge < -0.3 is 5.11 Å². The van der Waals surface area contributed by atoms with Crippen LogP contribution < -0.4 is 0 Å². The molecule has 1 N–H and O–H groups in total. The van der Waals surface area contributed by atoms with Crippen LogP contribution in [-0.4, -0.2) is 11.1 Å². The third-order valence-electron chi connectivity index (χ3n) is 2.61. The molecule has 0 aliphatic rings. The molecule has 0 atom stereocenters. The Kier molecular flexibility index (Phi) is 3.30. The predicted octanol–water partition coefficient (Wildman–Crippen LogP) is 3.10. The van der Waals surface area contributed by atoms with E-state index in [1.165, 1.54) is 17.2 Å². The minimum atomic E-state index is -0.898. The standard InChI is InChI=1S/C13H16O2/c1-8-5-10(3)12(6-9(8)2)11(4)7-13(14)15/h5-7H,1-4H3,(H,14,15)/b11-7+. The van der Waals surface area contributed by atoms with Gasteiger partial charge in [-0.2, -0.15) is 0 Å². The normalized spacial score (nSPS) is 11.6. The second kappa shape index (κ2) is 4.30. The Bertz CT molecular complexity index is 428. The number of hydrogen-bond donors (Lipinski definition) is 1. The maximum absolute atomic E-state index is 10.6. The molecule has 0 bridgehead atoms. The van der Waals surface area contributed by atoms with Gasteiger partial charge in [-0.05, 0) is 55.5 Å². The highest BCUT2D eigenvalue weighted by atomic mass is 16.4. The van der Waals surface area contributed by atoms with Crippen molar-refractivity contribution in [2.75, 3.05) is 0 Å². The van der Waals surface area contributed by atoms with E-state index in [-0.39, 0.29) is 0 Å². The molecule has 15 heavy (non-hydrogen) atoms. The van der Waals surface area contributed by atoms with Gasteiger partial charge in [-0.25, -0.2) is 4.79 Å². The smallest absolute Gasteiger partial charge is 0.328 e. The molecule has 80 valence electrons. The van der Waals surface area contributed by atoms with E-state index in [4.69, 9.17) is 5.11 Å². The highest BCUT2D eigenvalue weighted by molar-refractivity contribution is 5.90. The van der Waals surface area contributed by atoms with E-state index >= 15 is 0 Å². The Hall–Kier alpha value is -1.57. The van der Waals surface area contributed by atoms with Gasteiger partial charge >= 0.3 is 5.97 Å². The van der Waals surface area contributed by atoms with Crippen molar-refractivity contribution in [2.24, 2.45) is 0 Å². The quantitative estimate of drug-likeness (QED) is 0.751. The molecule has 1 aromatic carbocycles. The van der Waals surface area contributed by atoms with Crippen LogP contribution in [0.4, 0.5) is 0 Å². The second-order valence-corrected chi connectivity index (χ2v) is 3.92. The highest BCUT2D eigenvalue weighted by Crippen LogP contribution is 2.22. The van der Waals surface area contributed by atoms with Gasteiger partial charge in [-0.15, -0.1) is 0 Å². The lowest BCUT2D eigenvalue weighted by molar-refractivity contribution is -0.131. The third kappa shape index (κ3) is 2.69. The van der Waals surface area contributed by atoms with Crippen LogP contribution in [0.2, 0.25) is 0 Å². The first kappa shape index (κ1) is 11.5. The van der Waals surface area contributed by atoms with Crippen LogP contribution in [0, 0.1) is 20.8 Å². The Balaban J connectivity index is 3.26. The molecule has 0 aliphatic carbocycles. The zero-order chi connectivity index (χ0) is 11.6. The summed E-state index contributed by atoms with van der Waals surface area (Å²) in [5.74, 6) is -0.898. The predicted molar refractivity (Wildman–Crippen MR) is 61.9 cm³/mol. The van der Waals surface area contributed by atoms with Crippen molar-refractivity contribution < 1.29 is 9.90 Å². The Morgan fingerprint density at radius 3 is 2.20 bits per heavy atom. The van der Waals surface area contributed by atoms with Gasteiger partial charge in [0, 0.05) is 6.08 Å². The van der Waals surface area contributed by atoms with Crippen molar-refractivity contribution in [1.82, 2.24) is 0 Å². The van der Waals surface area contributed by atoms with E-state index in [9.17, 15) is 4.79 Å². The SMILES string of the molecule is C/C(=C\C(=O)O)c1cc(C)c(C)cc1C. The fourth-order valence-electron chi connectivity index (χ4n) is 1.65. The summed E-state index contributed by atoms with van der Waals surface area (Å²) in [4.78, 5) is 10.6. The fraction of sp³-hybridized carbons (Fsp3) is 0.308. The van der Waals surface area contributed by atoms with E-state index in [0.29, 0.717) is 0 Å². The largest absolute Gasteiger partial charge is 0.478 e. The summed E-state index contributed by atoms with van der Waals surface area (Å²) in [5.41, 5.74) is 5.35. The molecule has 0 unspecified atom stereocenters. The van der Waals surface area contributed by atoms with E-state index in [0.717, 1.165) is 16.7 Å². The first-order valence-electron chi connectivity index (χ1n) is 4.91. The van der Waals surface area contributed by atoms with Crippen molar-refractivity contribution in [2.45, 2.75) is 27.7 Å². The molecule has 0 heterocycles. The van der Waals surface area contributed by atoms with Crippen LogP contribution in [-0.2, 0) is 4.79 Å². The average Bonchev–Trinajstić information content (AvgIpc) is 2.09. The molecule has 0 fully saturated rings. The zero-order valence-corrected chi connectivity index (χ0v) is 9.59. The lowest BCUT2D eigenvalue weighted by atomic mass is 9.96. The number of allylic oxidation sites excluding steroid dienone is 1. The number of aryl methyl sites for hydroxylation is 3. The molecule has 1 rings (SSSR count). The van der Waals surface area contributed by atoms with Gasteiger partial charge in [0.2, 0.25) is 0 Å². The Labute approximate surface area is 90.3 Å². The molecule has 0 saturated carbocycles. The summed E-state index contributed by atoms with van der Waals surface area (Å²) in [6.45, 7) is 7.92. The molecule has 2 nitrogen and oxygen atoms in total. The van der Waals surface area contributed by atoms with Crippen LogP contribution in [0.25, 0.3) is 5.57 Å².